The number of hydrogen-bond acceptors (Lipinski definition) is 8. The Morgan fingerprint density at radius 1 is 1.02 bits per heavy atom. The number of pyridine rings is 2. The second kappa shape index (κ2) is 13.1. The zero-order valence-corrected chi connectivity index (χ0v) is 23.4. The average molecular weight is 612 g/mol. The number of alkyl halides is 3. The van der Waals surface area contributed by atoms with Crippen LogP contribution in [0.5, 0.6) is 0 Å². The Balaban J connectivity index is 1.36. The molecule has 1 fully saturated rings. The zero-order valence-electron chi connectivity index (χ0n) is 21.9. The van der Waals surface area contributed by atoms with E-state index in [4.69, 9.17) is 17.3 Å². The number of rotatable bonds is 10. The lowest BCUT2D eigenvalue weighted by atomic mass is 10.2. The molecule has 0 bridgehead atoms. The van der Waals surface area contributed by atoms with E-state index in [0.717, 1.165) is 25.1 Å². The third-order valence-corrected chi connectivity index (χ3v) is 8.43. The van der Waals surface area contributed by atoms with Gasteiger partial charge in [-0.05, 0) is 68.0 Å². The number of nitrogens with one attached hydrogen (secondary N) is 2. The largest absolute Gasteiger partial charge is 0.416 e. The van der Waals surface area contributed by atoms with E-state index < -0.39 is 27.7 Å². The summed E-state index contributed by atoms with van der Waals surface area (Å²) in [4.78, 5) is 22.6. The predicted molar refractivity (Wildman–Crippen MR) is 149 cm³/mol. The maximum absolute atomic E-state index is 13.2. The van der Waals surface area contributed by atoms with Crippen LogP contribution in [0.15, 0.2) is 59.5 Å². The highest BCUT2D eigenvalue weighted by molar-refractivity contribution is 7.89. The second-order valence-electron chi connectivity index (χ2n) is 9.24. The Kier molecular flexibility index (Phi) is 9.81. The van der Waals surface area contributed by atoms with Crippen LogP contribution in [0.3, 0.4) is 0 Å². The van der Waals surface area contributed by atoms with E-state index in [1.54, 1.807) is 23.1 Å². The number of benzene rings is 1. The van der Waals surface area contributed by atoms with Gasteiger partial charge >= 0.3 is 6.18 Å². The highest BCUT2D eigenvalue weighted by Gasteiger charge is 2.33. The maximum Gasteiger partial charge on any atom is 0.416 e. The molecule has 4 rings (SSSR count). The van der Waals surface area contributed by atoms with Crippen LogP contribution in [0.4, 0.5) is 24.7 Å². The van der Waals surface area contributed by atoms with Crippen LogP contribution in [0.1, 0.15) is 28.2 Å². The molecule has 1 aliphatic heterocycles. The summed E-state index contributed by atoms with van der Waals surface area (Å²) in [5.41, 5.74) is 5.86. The fourth-order valence-electron chi connectivity index (χ4n) is 4.17. The van der Waals surface area contributed by atoms with E-state index in [-0.39, 0.29) is 47.7 Å². The lowest BCUT2D eigenvalue weighted by Crippen LogP contribution is -2.49. The van der Waals surface area contributed by atoms with E-state index in [1.807, 2.05) is 0 Å². The van der Waals surface area contributed by atoms with E-state index >= 15 is 0 Å². The van der Waals surface area contributed by atoms with E-state index in [9.17, 15) is 26.4 Å². The molecule has 1 amide bonds. The van der Waals surface area contributed by atoms with Crippen molar-refractivity contribution in [3.05, 3.63) is 76.7 Å². The number of halogens is 4. The van der Waals surface area contributed by atoms with Crippen LogP contribution in [0.2, 0.25) is 5.15 Å². The van der Waals surface area contributed by atoms with E-state index in [2.05, 4.69) is 20.6 Å². The third kappa shape index (κ3) is 7.92. The topological polar surface area (TPSA) is 134 Å². The van der Waals surface area contributed by atoms with Crippen molar-refractivity contribution in [3.8, 4) is 0 Å². The third-order valence-electron chi connectivity index (χ3n) is 6.32. The Hall–Kier alpha value is -3.30. The van der Waals surface area contributed by atoms with Gasteiger partial charge in [-0.1, -0.05) is 17.7 Å². The van der Waals surface area contributed by atoms with Gasteiger partial charge in [0.25, 0.3) is 5.91 Å². The second-order valence-corrected chi connectivity index (χ2v) is 11.6. The molecular weight excluding hydrogens is 583 g/mol. The molecule has 3 aromatic rings. The smallest absolute Gasteiger partial charge is 0.354 e. The fraction of sp³-hybridized carbons (Fsp3) is 0.346. The number of sulfonamides is 1. The quantitative estimate of drug-likeness (QED) is 0.235. The van der Waals surface area contributed by atoms with Crippen LogP contribution in [0, 0.1) is 0 Å². The van der Waals surface area contributed by atoms with Crippen molar-refractivity contribution in [2.24, 2.45) is 5.73 Å². The minimum atomic E-state index is -4.58. The molecule has 2 aromatic heterocycles. The molecule has 0 atom stereocenters. The standard InChI is InChI=1S/C26H29ClF3N7O3S/c27-23-15-18(26(28,29)30)16-24(35-23)36-11-13-37(14-12-36)41(39,40)21-7-5-19(6-8-21)34-25(38)22-4-1-3-20(33-22)17-32-10-2-9-31/h1,3-8,15-16,32H,2,9-14,17,31H2,(H,34,38). The molecule has 220 valence electrons. The number of amides is 1. The van der Waals surface area contributed by atoms with Crippen LogP contribution in [-0.4, -0.2) is 67.9 Å². The molecule has 0 radical (unpaired) electrons. The van der Waals surface area contributed by atoms with Crippen molar-refractivity contribution >= 4 is 39.0 Å². The van der Waals surface area contributed by atoms with Crippen molar-refractivity contribution < 1.29 is 26.4 Å². The van der Waals surface area contributed by atoms with Crippen molar-refractivity contribution in [2.75, 3.05) is 49.5 Å². The molecular formula is C26H29ClF3N7O3S. The van der Waals surface area contributed by atoms with Gasteiger partial charge in [0.2, 0.25) is 10.0 Å². The van der Waals surface area contributed by atoms with Crippen LogP contribution in [-0.2, 0) is 22.7 Å². The lowest BCUT2D eigenvalue weighted by Gasteiger charge is -2.35. The molecule has 4 N–H and O–H groups in total. The number of nitrogens with zero attached hydrogens (tertiary/aromatic N) is 4. The van der Waals surface area contributed by atoms with Gasteiger partial charge in [-0.2, -0.15) is 17.5 Å². The van der Waals surface area contributed by atoms with Crippen molar-refractivity contribution in [1.82, 2.24) is 19.6 Å². The highest BCUT2D eigenvalue weighted by atomic mass is 35.5. The number of nitrogens with two attached hydrogens (primary N) is 1. The van der Waals surface area contributed by atoms with Crippen molar-refractivity contribution in [1.29, 1.82) is 0 Å². The fourth-order valence-corrected chi connectivity index (χ4v) is 5.80. The summed E-state index contributed by atoms with van der Waals surface area (Å²) in [6, 6.07) is 12.5. The van der Waals surface area contributed by atoms with Gasteiger partial charge < -0.3 is 21.3 Å². The van der Waals surface area contributed by atoms with Gasteiger partial charge in [0, 0.05) is 38.4 Å². The minimum absolute atomic E-state index is 0.0212. The first-order valence-corrected chi connectivity index (χ1v) is 14.6. The van der Waals surface area contributed by atoms with Gasteiger partial charge in [-0.15, -0.1) is 0 Å². The highest BCUT2D eigenvalue weighted by Crippen LogP contribution is 2.33. The molecule has 3 heterocycles. The summed E-state index contributed by atoms with van der Waals surface area (Å²) in [5, 5.41) is 5.62. The van der Waals surface area contributed by atoms with Crippen LogP contribution < -0.4 is 21.3 Å². The number of aromatic nitrogens is 2. The molecule has 10 nitrogen and oxygen atoms in total. The Bertz CT molecular complexity index is 1470. The lowest BCUT2D eigenvalue weighted by molar-refractivity contribution is -0.137. The number of hydrogen-bond donors (Lipinski definition) is 3. The summed E-state index contributed by atoms with van der Waals surface area (Å²) in [7, 11) is -3.88. The van der Waals surface area contributed by atoms with Crippen molar-refractivity contribution in [2.45, 2.75) is 24.0 Å². The summed E-state index contributed by atoms with van der Waals surface area (Å²) in [6.45, 7) is 2.15. The number of carbonyl (C=O) groups excluding carboxylic acids is 1. The predicted octanol–water partition coefficient (Wildman–Crippen LogP) is 3.35. The minimum Gasteiger partial charge on any atom is -0.354 e. The van der Waals surface area contributed by atoms with E-state index in [1.165, 1.54) is 28.6 Å². The Morgan fingerprint density at radius 2 is 1.73 bits per heavy atom. The van der Waals surface area contributed by atoms with Gasteiger partial charge in [0.1, 0.15) is 16.7 Å². The summed E-state index contributed by atoms with van der Waals surface area (Å²) in [6.07, 6.45) is -3.75. The summed E-state index contributed by atoms with van der Waals surface area (Å²) >= 11 is 5.79. The molecule has 1 aliphatic rings. The molecule has 0 unspecified atom stereocenters. The van der Waals surface area contributed by atoms with Crippen LogP contribution in [0.25, 0.3) is 0 Å². The molecule has 1 saturated heterocycles. The monoisotopic (exact) mass is 611 g/mol. The Labute approximate surface area is 240 Å². The molecule has 0 aliphatic carbocycles. The van der Waals surface area contributed by atoms with Gasteiger partial charge in [0.05, 0.1) is 16.2 Å². The first-order chi connectivity index (χ1) is 19.5. The Morgan fingerprint density at radius 3 is 2.39 bits per heavy atom. The first kappa shape index (κ1) is 30.7. The summed E-state index contributed by atoms with van der Waals surface area (Å²) in [5.74, 6) is -0.409. The van der Waals surface area contributed by atoms with Gasteiger partial charge in [0.15, 0.2) is 0 Å². The van der Waals surface area contributed by atoms with Gasteiger partial charge in [-0.25, -0.2) is 18.4 Å². The zero-order chi connectivity index (χ0) is 29.6. The molecule has 1 aromatic carbocycles. The number of piperazine rings is 1. The SMILES string of the molecule is NCCCNCc1cccc(C(=O)Nc2ccc(S(=O)(=O)N3CCN(c4cc(C(F)(F)F)cc(Cl)n4)CC3)cc2)n1. The molecule has 41 heavy (non-hydrogen) atoms. The molecule has 0 saturated carbocycles. The summed E-state index contributed by atoms with van der Waals surface area (Å²) < 4.78 is 67.1. The number of carbonyl (C=O) groups is 1. The molecule has 15 heteroatoms. The average Bonchev–Trinajstić information content (AvgIpc) is 2.95. The van der Waals surface area contributed by atoms with Gasteiger partial charge in [-0.3, -0.25) is 4.79 Å². The number of anilines is 2. The van der Waals surface area contributed by atoms with Crippen LogP contribution >= 0.6 is 11.6 Å². The van der Waals surface area contributed by atoms with Crippen molar-refractivity contribution in [3.63, 3.8) is 0 Å². The molecule has 0 spiro atoms. The normalized spacial score (nSPS) is 14.7. The van der Waals surface area contributed by atoms with E-state index in [0.29, 0.717) is 24.5 Å². The first-order valence-electron chi connectivity index (χ1n) is 12.8. The maximum atomic E-state index is 13.2.